The van der Waals surface area contributed by atoms with Crippen molar-refractivity contribution in [2.24, 2.45) is 4.99 Å². The molecular weight excluding hydrogens is 384 g/mol. The van der Waals surface area contributed by atoms with Crippen LogP contribution in [0, 0.1) is 0 Å². The number of guanidine groups is 1. The van der Waals surface area contributed by atoms with E-state index < -0.39 is 0 Å². The van der Waals surface area contributed by atoms with Gasteiger partial charge in [0.15, 0.2) is 5.96 Å². The van der Waals surface area contributed by atoms with Crippen LogP contribution in [0.3, 0.4) is 0 Å². The maximum absolute atomic E-state index is 6.30. The summed E-state index contributed by atoms with van der Waals surface area (Å²) < 4.78 is 0. The number of rotatable bonds is 7. The molecule has 1 aromatic heterocycles. The molecule has 1 fully saturated rings. The molecule has 7 heteroatoms. The average Bonchev–Trinajstić information content (AvgIpc) is 3.15. The molecule has 1 aliphatic heterocycles. The molecule has 2 heterocycles. The highest BCUT2D eigenvalue weighted by Gasteiger charge is 2.25. The second-order valence-corrected chi connectivity index (χ2v) is 8.04. The van der Waals surface area contributed by atoms with Crippen LogP contribution < -0.4 is 15.5 Å². The number of aliphatic imine (C=N–C) groups is 1. The number of hydrogen-bond donors (Lipinski definition) is 2. The smallest absolute Gasteiger partial charge is 0.191 e. The van der Waals surface area contributed by atoms with Gasteiger partial charge >= 0.3 is 0 Å². The average molecular weight is 415 g/mol. The van der Waals surface area contributed by atoms with Gasteiger partial charge in [0.2, 0.25) is 0 Å². The van der Waals surface area contributed by atoms with Crippen molar-refractivity contribution in [1.29, 1.82) is 0 Å². The molecule has 0 bridgehead atoms. The van der Waals surface area contributed by atoms with Crippen LogP contribution in [-0.4, -0.2) is 55.6 Å². The molecule has 0 spiro atoms. The molecule has 1 aromatic carbocycles. The van der Waals surface area contributed by atoms with Crippen molar-refractivity contribution >= 4 is 23.4 Å². The first-order valence-corrected chi connectivity index (χ1v) is 10.6. The highest BCUT2D eigenvalue weighted by atomic mass is 35.5. The lowest BCUT2D eigenvalue weighted by atomic mass is 10.1. The van der Waals surface area contributed by atoms with E-state index >= 15 is 0 Å². The van der Waals surface area contributed by atoms with Crippen LogP contribution in [-0.2, 0) is 13.1 Å². The third-order valence-corrected chi connectivity index (χ3v) is 5.15. The fourth-order valence-corrected chi connectivity index (χ4v) is 3.72. The summed E-state index contributed by atoms with van der Waals surface area (Å²) in [5.74, 6) is 1.71. The predicted molar refractivity (Wildman–Crippen MR) is 122 cm³/mol. The second kappa shape index (κ2) is 10.5. The van der Waals surface area contributed by atoms with E-state index in [9.17, 15) is 0 Å². The Bertz CT molecular complexity index is 805. The Morgan fingerprint density at radius 3 is 2.69 bits per heavy atom. The first-order chi connectivity index (χ1) is 14.0. The van der Waals surface area contributed by atoms with Crippen LogP contribution in [0.15, 0.2) is 47.6 Å². The number of benzene rings is 1. The van der Waals surface area contributed by atoms with Crippen LogP contribution >= 0.6 is 11.6 Å². The van der Waals surface area contributed by atoms with Gasteiger partial charge < -0.3 is 20.4 Å². The standard InChI is InChI=1S/C22H31ClN6/c1-4-24-22(26-14-17-7-9-18(10-8-17)15-28(2)3)27-19-11-13-29(16-19)21-20(23)6-5-12-25-21/h5-10,12,19H,4,11,13-16H2,1-3H3,(H2,24,26,27). The SMILES string of the molecule is CCNC(=NCc1ccc(CN(C)C)cc1)NC1CCN(c2ncccc2Cl)C1. The molecular formula is C22H31ClN6. The maximum atomic E-state index is 6.30. The highest BCUT2D eigenvalue weighted by molar-refractivity contribution is 6.32. The van der Waals surface area contributed by atoms with Crippen molar-refractivity contribution in [3.8, 4) is 0 Å². The van der Waals surface area contributed by atoms with Gasteiger partial charge in [0, 0.05) is 38.4 Å². The van der Waals surface area contributed by atoms with E-state index in [4.69, 9.17) is 16.6 Å². The molecule has 1 atom stereocenters. The Hall–Kier alpha value is -2.31. The Morgan fingerprint density at radius 2 is 2.00 bits per heavy atom. The minimum Gasteiger partial charge on any atom is -0.357 e. The van der Waals surface area contributed by atoms with E-state index in [1.165, 1.54) is 11.1 Å². The van der Waals surface area contributed by atoms with Crippen molar-refractivity contribution in [2.75, 3.05) is 38.6 Å². The molecule has 0 amide bonds. The van der Waals surface area contributed by atoms with Crippen molar-refractivity contribution < 1.29 is 0 Å². The Balaban J connectivity index is 1.58. The van der Waals surface area contributed by atoms with Gasteiger partial charge in [-0.2, -0.15) is 0 Å². The minimum atomic E-state index is 0.313. The van der Waals surface area contributed by atoms with Crippen LogP contribution in [0.2, 0.25) is 5.02 Å². The van der Waals surface area contributed by atoms with E-state index in [1.807, 2.05) is 12.1 Å². The highest BCUT2D eigenvalue weighted by Crippen LogP contribution is 2.25. The number of anilines is 1. The lowest BCUT2D eigenvalue weighted by Crippen LogP contribution is -2.44. The molecule has 1 aliphatic rings. The Kier molecular flexibility index (Phi) is 7.72. The molecule has 29 heavy (non-hydrogen) atoms. The number of nitrogens with one attached hydrogen (secondary N) is 2. The summed E-state index contributed by atoms with van der Waals surface area (Å²) in [6, 6.07) is 12.7. The number of aromatic nitrogens is 1. The van der Waals surface area contributed by atoms with E-state index in [0.29, 0.717) is 17.6 Å². The number of nitrogens with zero attached hydrogens (tertiary/aromatic N) is 4. The van der Waals surface area contributed by atoms with Gasteiger partial charge in [-0.05, 0) is 50.7 Å². The van der Waals surface area contributed by atoms with E-state index in [2.05, 4.69) is 70.7 Å². The maximum Gasteiger partial charge on any atom is 0.191 e. The summed E-state index contributed by atoms with van der Waals surface area (Å²) >= 11 is 6.30. The zero-order valence-corrected chi connectivity index (χ0v) is 18.3. The van der Waals surface area contributed by atoms with Crippen molar-refractivity contribution in [2.45, 2.75) is 32.5 Å². The molecule has 2 aromatic rings. The first-order valence-electron chi connectivity index (χ1n) is 10.2. The van der Waals surface area contributed by atoms with E-state index in [0.717, 1.165) is 44.4 Å². The predicted octanol–water partition coefficient (Wildman–Crippen LogP) is 3.13. The van der Waals surface area contributed by atoms with Gasteiger partial charge in [-0.1, -0.05) is 35.9 Å². The van der Waals surface area contributed by atoms with Gasteiger partial charge in [-0.3, -0.25) is 0 Å². The summed E-state index contributed by atoms with van der Waals surface area (Å²) in [5, 5.41) is 7.62. The quantitative estimate of drug-likeness (QED) is 0.538. The number of halogens is 1. The molecule has 0 aliphatic carbocycles. The van der Waals surface area contributed by atoms with Crippen molar-refractivity contribution in [3.63, 3.8) is 0 Å². The zero-order valence-electron chi connectivity index (χ0n) is 17.5. The van der Waals surface area contributed by atoms with Gasteiger partial charge in [0.05, 0.1) is 11.6 Å². The van der Waals surface area contributed by atoms with Crippen LogP contribution in [0.25, 0.3) is 0 Å². The van der Waals surface area contributed by atoms with Crippen LogP contribution in [0.1, 0.15) is 24.5 Å². The third-order valence-electron chi connectivity index (χ3n) is 4.85. The summed E-state index contributed by atoms with van der Waals surface area (Å²) in [6.45, 7) is 6.31. The molecule has 0 radical (unpaired) electrons. The largest absolute Gasteiger partial charge is 0.357 e. The Labute approximate surface area is 179 Å². The fourth-order valence-electron chi connectivity index (χ4n) is 3.48. The second-order valence-electron chi connectivity index (χ2n) is 7.63. The summed E-state index contributed by atoms with van der Waals surface area (Å²) in [4.78, 5) is 13.6. The lowest BCUT2D eigenvalue weighted by molar-refractivity contribution is 0.402. The molecule has 1 unspecified atom stereocenters. The molecule has 2 N–H and O–H groups in total. The van der Waals surface area contributed by atoms with Gasteiger partial charge in [-0.25, -0.2) is 9.98 Å². The fraction of sp³-hybridized carbons (Fsp3) is 0.455. The Morgan fingerprint density at radius 1 is 1.24 bits per heavy atom. The normalized spacial score (nSPS) is 17.1. The van der Waals surface area contributed by atoms with Crippen molar-refractivity contribution in [3.05, 3.63) is 58.7 Å². The molecule has 1 saturated heterocycles. The monoisotopic (exact) mass is 414 g/mol. The number of pyridine rings is 1. The van der Waals surface area contributed by atoms with Crippen molar-refractivity contribution in [1.82, 2.24) is 20.5 Å². The minimum absolute atomic E-state index is 0.313. The van der Waals surface area contributed by atoms with Gasteiger partial charge in [-0.15, -0.1) is 0 Å². The van der Waals surface area contributed by atoms with E-state index in [1.54, 1.807) is 6.20 Å². The summed E-state index contributed by atoms with van der Waals surface area (Å²) in [6.07, 6.45) is 2.81. The van der Waals surface area contributed by atoms with E-state index in [-0.39, 0.29) is 0 Å². The zero-order chi connectivity index (χ0) is 20.6. The molecule has 3 rings (SSSR count). The summed E-state index contributed by atoms with van der Waals surface area (Å²) in [7, 11) is 4.16. The van der Waals surface area contributed by atoms with Gasteiger partial charge in [0.1, 0.15) is 5.82 Å². The first kappa shape index (κ1) is 21.4. The van der Waals surface area contributed by atoms with Crippen LogP contribution in [0.5, 0.6) is 0 Å². The molecule has 156 valence electrons. The summed E-state index contributed by atoms with van der Waals surface area (Å²) in [5.41, 5.74) is 2.52. The molecule has 6 nitrogen and oxygen atoms in total. The van der Waals surface area contributed by atoms with Crippen LogP contribution in [0.4, 0.5) is 5.82 Å². The molecule has 0 saturated carbocycles. The number of hydrogen-bond acceptors (Lipinski definition) is 4. The third kappa shape index (κ3) is 6.34. The lowest BCUT2D eigenvalue weighted by Gasteiger charge is -2.20. The topological polar surface area (TPSA) is 55.8 Å². The van der Waals surface area contributed by atoms with Gasteiger partial charge in [0.25, 0.3) is 0 Å².